The topological polar surface area (TPSA) is 133 Å². The molecule has 1 atom stereocenters. The van der Waals surface area contributed by atoms with E-state index in [4.69, 9.17) is 24.5 Å². The van der Waals surface area contributed by atoms with Crippen molar-refractivity contribution in [2.24, 2.45) is 0 Å². The lowest BCUT2D eigenvalue weighted by Crippen LogP contribution is -2.25. The third-order valence-corrected chi connectivity index (χ3v) is 4.11. The molecule has 146 valence electrons. The molecule has 0 fully saturated rings. The molecule has 1 aromatic heterocycles. The minimum absolute atomic E-state index is 0.282. The number of likely N-dealkylation sites (N-methyl/N-ethyl adjacent to an activating group) is 1. The molecule has 0 saturated carbocycles. The fourth-order valence-electron chi connectivity index (χ4n) is 2.31. The lowest BCUT2D eigenvalue weighted by atomic mass is 10.1. The third-order valence-electron chi connectivity index (χ3n) is 3.60. The summed E-state index contributed by atoms with van der Waals surface area (Å²) >= 11 is 1.18. The molecule has 26 heavy (non-hydrogen) atoms. The molecule has 0 amide bonds. The number of nitrogens with zero attached hydrogens (tertiary/aromatic N) is 3. The van der Waals surface area contributed by atoms with Crippen LogP contribution in [0.15, 0.2) is 6.08 Å². The molecule has 0 spiro atoms. The number of aromatic nitrogens is 2. The predicted octanol–water partition coefficient (Wildman–Crippen LogP) is 1.34. The van der Waals surface area contributed by atoms with Gasteiger partial charge in [-0.2, -0.15) is 4.37 Å². The highest BCUT2D eigenvalue weighted by Crippen LogP contribution is 2.27. The molecule has 10 heteroatoms. The summed E-state index contributed by atoms with van der Waals surface area (Å²) < 4.78 is 14.3. The first-order valence-corrected chi connectivity index (χ1v) is 9.05. The SMILES string of the molecule is CCCC(O)CCOc1nsnc1C1=CCCN(C)C1.O=C(O)C(=O)O. The van der Waals surface area contributed by atoms with E-state index in [9.17, 15) is 5.11 Å². The van der Waals surface area contributed by atoms with Gasteiger partial charge in [-0.05, 0) is 25.5 Å². The summed E-state index contributed by atoms with van der Waals surface area (Å²) in [6.07, 6.45) is 5.43. The minimum Gasteiger partial charge on any atom is -0.475 e. The van der Waals surface area contributed by atoms with Gasteiger partial charge < -0.3 is 25.0 Å². The molecule has 1 aliphatic heterocycles. The molecule has 0 aliphatic carbocycles. The van der Waals surface area contributed by atoms with Crippen molar-refractivity contribution >= 4 is 29.2 Å². The Morgan fingerprint density at radius 1 is 1.31 bits per heavy atom. The predicted molar refractivity (Wildman–Crippen MR) is 96.3 cm³/mol. The van der Waals surface area contributed by atoms with E-state index in [1.165, 1.54) is 17.3 Å². The zero-order valence-corrected chi connectivity index (χ0v) is 15.7. The van der Waals surface area contributed by atoms with Crippen molar-refractivity contribution in [2.45, 2.75) is 38.7 Å². The van der Waals surface area contributed by atoms with Gasteiger partial charge in [0.2, 0.25) is 0 Å². The van der Waals surface area contributed by atoms with Crippen molar-refractivity contribution in [1.29, 1.82) is 0 Å². The molecule has 2 rings (SSSR count). The maximum absolute atomic E-state index is 9.70. The van der Waals surface area contributed by atoms with Crippen LogP contribution in [0.25, 0.3) is 5.57 Å². The zero-order chi connectivity index (χ0) is 19.5. The second-order valence-electron chi connectivity index (χ2n) is 5.86. The molecule has 9 nitrogen and oxygen atoms in total. The Bertz CT molecular complexity index is 607. The first-order valence-electron chi connectivity index (χ1n) is 8.32. The highest BCUT2D eigenvalue weighted by molar-refractivity contribution is 6.99. The van der Waals surface area contributed by atoms with Crippen molar-refractivity contribution in [3.63, 3.8) is 0 Å². The molecule has 0 saturated heterocycles. The van der Waals surface area contributed by atoms with Crippen molar-refractivity contribution in [1.82, 2.24) is 13.6 Å². The lowest BCUT2D eigenvalue weighted by Gasteiger charge is -2.22. The summed E-state index contributed by atoms with van der Waals surface area (Å²) in [6, 6.07) is 0. The van der Waals surface area contributed by atoms with Gasteiger partial charge in [-0.3, -0.25) is 0 Å². The molecule has 2 heterocycles. The minimum atomic E-state index is -1.82. The van der Waals surface area contributed by atoms with Gasteiger partial charge >= 0.3 is 11.9 Å². The highest BCUT2D eigenvalue weighted by atomic mass is 32.1. The molecular weight excluding hydrogens is 362 g/mol. The second kappa shape index (κ2) is 11.6. The van der Waals surface area contributed by atoms with Crippen LogP contribution in [-0.2, 0) is 9.59 Å². The second-order valence-corrected chi connectivity index (χ2v) is 6.39. The summed E-state index contributed by atoms with van der Waals surface area (Å²) in [5.41, 5.74) is 2.06. The van der Waals surface area contributed by atoms with E-state index in [0.717, 1.165) is 38.0 Å². The van der Waals surface area contributed by atoms with Crippen LogP contribution in [-0.4, -0.2) is 73.8 Å². The van der Waals surface area contributed by atoms with E-state index >= 15 is 0 Å². The Kier molecular flexibility index (Phi) is 9.78. The van der Waals surface area contributed by atoms with Gasteiger partial charge in [-0.25, -0.2) is 9.59 Å². The fraction of sp³-hybridized carbons (Fsp3) is 0.625. The Balaban J connectivity index is 0.000000487. The largest absolute Gasteiger partial charge is 0.475 e. The van der Waals surface area contributed by atoms with E-state index in [2.05, 4.69) is 33.7 Å². The molecule has 1 aliphatic rings. The van der Waals surface area contributed by atoms with Gasteiger partial charge in [0.1, 0.15) is 5.69 Å². The summed E-state index contributed by atoms with van der Waals surface area (Å²) in [6.45, 7) is 4.53. The molecule has 0 radical (unpaired) electrons. The Morgan fingerprint density at radius 2 is 2.00 bits per heavy atom. The summed E-state index contributed by atoms with van der Waals surface area (Å²) in [5.74, 6) is -3.04. The molecule has 0 aromatic carbocycles. The molecule has 1 aromatic rings. The Morgan fingerprint density at radius 3 is 2.58 bits per heavy atom. The number of carboxylic acid groups (broad SMARTS) is 2. The normalized spacial score (nSPS) is 15.4. The van der Waals surface area contributed by atoms with Gasteiger partial charge in [0, 0.05) is 19.5 Å². The van der Waals surface area contributed by atoms with Crippen molar-refractivity contribution < 1.29 is 29.6 Å². The van der Waals surface area contributed by atoms with Crippen LogP contribution >= 0.6 is 11.7 Å². The number of hydrogen-bond donors (Lipinski definition) is 3. The Hall–Kier alpha value is -2.04. The van der Waals surface area contributed by atoms with Crippen molar-refractivity contribution in [3.05, 3.63) is 11.8 Å². The van der Waals surface area contributed by atoms with Crippen LogP contribution in [0.5, 0.6) is 5.88 Å². The first kappa shape index (κ1) is 22.0. The van der Waals surface area contributed by atoms with E-state index in [-0.39, 0.29) is 6.10 Å². The number of ether oxygens (including phenoxy) is 1. The van der Waals surface area contributed by atoms with Gasteiger partial charge in [-0.1, -0.05) is 19.4 Å². The third kappa shape index (κ3) is 7.89. The van der Waals surface area contributed by atoms with E-state index in [1.54, 1.807) is 0 Å². The van der Waals surface area contributed by atoms with Gasteiger partial charge in [0.15, 0.2) is 0 Å². The average Bonchev–Trinajstić information content (AvgIpc) is 3.04. The van der Waals surface area contributed by atoms with Gasteiger partial charge in [-0.15, -0.1) is 4.37 Å². The van der Waals surface area contributed by atoms with Crippen LogP contribution in [0.1, 0.15) is 38.3 Å². The summed E-state index contributed by atoms with van der Waals surface area (Å²) in [5, 5.41) is 24.5. The fourth-order valence-corrected chi connectivity index (χ4v) is 2.84. The van der Waals surface area contributed by atoms with E-state index < -0.39 is 11.9 Å². The van der Waals surface area contributed by atoms with Crippen LogP contribution in [0.4, 0.5) is 0 Å². The lowest BCUT2D eigenvalue weighted by molar-refractivity contribution is -0.159. The molecule has 3 N–H and O–H groups in total. The van der Waals surface area contributed by atoms with Gasteiger partial charge in [0.25, 0.3) is 5.88 Å². The van der Waals surface area contributed by atoms with E-state index in [0.29, 0.717) is 18.9 Å². The van der Waals surface area contributed by atoms with Gasteiger partial charge in [0.05, 0.1) is 24.4 Å². The monoisotopic (exact) mass is 387 g/mol. The zero-order valence-electron chi connectivity index (χ0n) is 14.9. The van der Waals surface area contributed by atoms with Crippen LogP contribution < -0.4 is 4.74 Å². The number of hydrogen-bond acceptors (Lipinski definition) is 8. The highest BCUT2D eigenvalue weighted by Gasteiger charge is 2.18. The maximum Gasteiger partial charge on any atom is 0.414 e. The summed E-state index contributed by atoms with van der Waals surface area (Å²) in [7, 11) is 2.11. The number of aliphatic carboxylic acids is 2. The number of aliphatic hydroxyl groups is 1. The number of aliphatic hydroxyl groups excluding tert-OH is 1. The maximum atomic E-state index is 9.70. The Labute approximate surface area is 156 Å². The summed E-state index contributed by atoms with van der Waals surface area (Å²) in [4.78, 5) is 20.5. The first-order chi connectivity index (χ1) is 12.3. The van der Waals surface area contributed by atoms with Crippen LogP contribution in [0.3, 0.4) is 0 Å². The molecular formula is C16H25N3O6S. The quantitative estimate of drug-likeness (QED) is 0.593. The van der Waals surface area contributed by atoms with Crippen LogP contribution in [0.2, 0.25) is 0 Å². The van der Waals surface area contributed by atoms with Crippen LogP contribution in [0, 0.1) is 0 Å². The van der Waals surface area contributed by atoms with Crippen molar-refractivity contribution in [2.75, 3.05) is 26.7 Å². The number of carbonyl (C=O) groups is 2. The molecule has 1 unspecified atom stereocenters. The van der Waals surface area contributed by atoms with Crippen molar-refractivity contribution in [3.8, 4) is 5.88 Å². The average molecular weight is 387 g/mol. The standard InChI is InChI=1S/C14H23N3O2S.C2H2O4/c1-3-5-12(18)7-9-19-14-13(15-20-16-14)11-6-4-8-17(2)10-11;3-1(4)2(5)6/h6,12,18H,3-5,7-10H2,1-2H3;(H,3,4)(H,5,6). The number of rotatable bonds is 7. The molecule has 0 bridgehead atoms. The number of carboxylic acids is 2. The van der Waals surface area contributed by atoms with E-state index in [1.807, 2.05) is 0 Å². The smallest absolute Gasteiger partial charge is 0.414 e.